The second kappa shape index (κ2) is 13.2. The van der Waals surface area contributed by atoms with E-state index in [1.807, 2.05) is 23.2 Å². The molecule has 5 rings (SSSR count). The number of halogens is 4. The summed E-state index contributed by atoms with van der Waals surface area (Å²) >= 11 is 27.0. The highest BCUT2D eigenvalue weighted by Gasteiger charge is 2.36. The van der Waals surface area contributed by atoms with Crippen LogP contribution in [0.3, 0.4) is 0 Å². The number of ether oxygens (including phenoxy) is 1. The highest BCUT2D eigenvalue weighted by atomic mass is 35.5. The van der Waals surface area contributed by atoms with Crippen molar-refractivity contribution in [3.8, 4) is 5.75 Å². The van der Waals surface area contributed by atoms with E-state index in [2.05, 4.69) is 9.88 Å². The standard InChI is InChI=1S/C29H32Cl4N4O3S/c1-16(38)18-10-24(31)27(25(32)11-18)40-21-7-8-36(15-21)29-35-13-22(41-29)9-19(12-34)28(39)37(20-5-6-20)14-17-3-2-4-23(30)26(17)33/h2-4,10-11,13,16,19-21,38H,5-9,12,14-15,34H2,1H3/t16-,19+,21-/m1/s1. The van der Waals surface area contributed by atoms with E-state index in [-0.39, 0.29) is 30.5 Å². The normalized spacial score (nSPS) is 18.4. The summed E-state index contributed by atoms with van der Waals surface area (Å²) in [7, 11) is 0. The van der Waals surface area contributed by atoms with E-state index in [4.69, 9.17) is 56.9 Å². The third-order valence-electron chi connectivity index (χ3n) is 7.47. The molecule has 1 saturated carbocycles. The first-order valence-electron chi connectivity index (χ1n) is 13.6. The van der Waals surface area contributed by atoms with E-state index in [9.17, 15) is 9.90 Å². The molecule has 0 unspecified atom stereocenters. The zero-order chi connectivity index (χ0) is 29.3. The number of nitrogens with two attached hydrogens (primary N) is 1. The molecule has 12 heteroatoms. The van der Waals surface area contributed by atoms with Gasteiger partial charge in [0, 0.05) is 43.2 Å². The molecule has 41 heavy (non-hydrogen) atoms. The van der Waals surface area contributed by atoms with Crippen molar-refractivity contribution >= 4 is 68.8 Å². The van der Waals surface area contributed by atoms with Crippen LogP contribution in [0.1, 0.15) is 48.3 Å². The van der Waals surface area contributed by atoms with Gasteiger partial charge in [-0.1, -0.05) is 58.5 Å². The molecule has 1 aliphatic heterocycles. The number of carbonyl (C=O) groups is 1. The summed E-state index contributed by atoms with van der Waals surface area (Å²) in [5.74, 6) is 0.101. The maximum absolute atomic E-state index is 13.6. The Balaban J connectivity index is 1.21. The molecule has 1 aliphatic carbocycles. The number of aliphatic hydroxyl groups is 1. The molecule has 1 aromatic heterocycles. The fourth-order valence-corrected chi connectivity index (χ4v) is 7.01. The molecule has 2 heterocycles. The fraction of sp³-hybridized carbons (Fsp3) is 0.448. The molecule has 2 fully saturated rings. The van der Waals surface area contributed by atoms with Gasteiger partial charge in [0.2, 0.25) is 5.91 Å². The third kappa shape index (κ3) is 7.24. The topological polar surface area (TPSA) is 91.9 Å². The van der Waals surface area contributed by atoms with Crippen LogP contribution in [-0.2, 0) is 17.8 Å². The molecule has 0 spiro atoms. The van der Waals surface area contributed by atoms with E-state index in [1.54, 1.807) is 36.5 Å². The first-order valence-corrected chi connectivity index (χ1v) is 15.9. The number of benzene rings is 2. The highest BCUT2D eigenvalue weighted by Crippen LogP contribution is 2.38. The zero-order valence-corrected chi connectivity index (χ0v) is 26.4. The van der Waals surface area contributed by atoms with Crippen LogP contribution < -0.4 is 15.4 Å². The lowest BCUT2D eigenvalue weighted by atomic mass is 10.0. The van der Waals surface area contributed by atoms with E-state index < -0.39 is 6.10 Å². The number of anilines is 1. The van der Waals surface area contributed by atoms with Crippen molar-refractivity contribution in [2.45, 2.75) is 57.4 Å². The molecule has 3 N–H and O–H groups in total. The summed E-state index contributed by atoms with van der Waals surface area (Å²) in [5, 5.41) is 12.4. The molecule has 2 aromatic carbocycles. The number of carbonyl (C=O) groups excluding carboxylic acids is 1. The fourth-order valence-electron chi connectivity index (χ4n) is 5.01. The number of hydrogen-bond acceptors (Lipinski definition) is 7. The summed E-state index contributed by atoms with van der Waals surface area (Å²) in [4.78, 5) is 23.4. The summed E-state index contributed by atoms with van der Waals surface area (Å²) < 4.78 is 6.17. The lowest BCUT2D eigenvalue weighted by Gasteiger charge is -2.27. The van der Waals surface area contributed by atoms with Gasteiger partial charge in [0.15, 0.2) is 10.9 Å². The smallest absolute Gasteiger partial charge is 0.227 e. The number of hydrogen-bond donors (Lipinski definition) is 2. The van der Waals surface area contributed by atoms with Crippen molar-refractivity contribution in [1.82, 2.24) is 9.88 Å². The molecular formula is C29H32Cl4N4O3S. The largest absolute Gasteiger partial charge is 0.485 e. The molecule has 0 radical (unpaired) electrons. The Labute approximate surface area is 264 Å². The number of aromatic nitrogens is 1. The van der Waals surface area contributed by atoms with Gasteiger partial charge in [0.1, 0.15) is 6.10 Å². The molecule has 0 bridgehead atoms. The van der Waals surface area contributed by atoms with Crippen LogP contribution in [0.25, 0.3) is 0 Å². The van der Waals surface area contributed by atoms with Crippen LogP contribution >= 0.6 is 57.7 Å². The quantitative estimate of drug-likeness (QED) is 0.236. The predicted octanol–water partition coefficient (Wildman–Crippen LogP) is 6.78. The van der Waals surface area contributed by atoms with Crippen molar-refractivity contribution in [2.24, 2.45) is 11.7 Å². The Kier molecular flexibility index (Phi) is 9.91. The Morgan fingerprint density at radius 3 is 2.59 bits per heavy atom. The van der Waals surface area contributed by atoms with Crippen LogP contribution in [-0.4, -0.2) is 52.7 Å². The summed E-state index contributed by atoms with van der Waals surface area (Å²) in [5.41, 5.74) is 7.60. The van der Waals surface area contributed by atoms with Crippen molar-refractivity contribution in [2.75, 3.05) is 24.5 Å². The van der Waals surface area contributed by atoms with Gasteiger partial charge in [-0.05, 0) is 55.5 Å². The average molecular weight is 658 g/mol. The molecule has 2 aliphatic rings. The van der Waals surface area contributed by atoms with E-state index in [1.165, 1.54) is 0 Å². The number of nitrogens with zero attached hydrogens (tertiary/aromatic N) is 3. The molecule has 1 amide bonds. The van der Waals surface area contributed by atoms with Crippen LogP contribution in [0, 0.1) is 5.92 Å². The minimum absolute atomic E-state index is 0.0333. The van der Waals surface area contributed by atoms with Gasteiger partial charge in [0.25, 0.3) is 0 Å². The van der Waals surface area contributed by atoms with E-state index in [0.717, 1.165) is 41.4 Å². The predicted molar refractivity (Wildman–Crippen MR) is 167 cm³/mol. The van der Waals surface area contributed by atoms with E-state index in [0.29, 0.717) is 50.9 Å². The maximum Gasteiger partial charge on any atom is 0.227 e. The van der Waals surface area contributed by atoms with Gasteiger partial charge in [-0.2, -0.15) is 0 Å². The number of aliphatic hydroxyl groups excluding tert-OH is 1. The van der Waals surface area contributed by atoms with Gasteiger partial charge in [-0.15, -0.1) is 11.3 Å². The summed E-state index contributed by atoms with van der Waals surface area (Å²) in [6.07, 6.45) is 4.31. The van der Waals surface area contributed by atoms with Crippen molar-refractivity contribution in [1.29, 1.82) is 0 Å². The monoisotopic (exact) mass is 656 g/mol. The average Bonchev–Trinajstić information content (AvgIpc) is 3.48. The van der Waals surface area contributed by atoms with Crippen LogP contribution in [0.15, 0.2) is 36.5 Å². The molecular weight excluding hydrogens is 626 g/mol. The SMILES string of the molecule is C[C@@H](O)c1cc(Cl)c(O[C@@H]2CCN(c3ncc(C[C@@H](CN)C(=O)N(Cc4cccc(Cl)c4Cl)C4CC4)s3)C2)c(Cl)c1. The Morgan fingerprint density at radius 2 is 1.93 bits per heavy atom. The van der Waals surface area contributed by atoms with Gasteiger partial charge < -0.3 is 25.4 Å². The molecule has 7 nitrogen and oxygen atoms in total. The van der Waals surface area contributed by atoms with Crippen molar-refractivity contribution < 1.29 is 14.6 Å². The minimum Gasteiger partial charge on any atom is -0.485 e. The Hall–Kier alpha value is -1.78. The number of amides is 1. The third-order valence-corrected chi connectivity index (χ3v) is 9.97. The van der Waals surface area contributed by atoms with Crippen molar-refractivity contribution in [3.05, 3.63) is 72.6 Å². The summed E-state index contributed by atoms with van der Waals surface area (Å²) in [6.45, 7) is 3.72. The van der Waals surface area contributed by atoms with Gasteiger partial charge in [-0.25, -0.2) is 4.98 Å². The maximum atomic E-state index is 13.6. The zero-order valence-electron chi connectivity index (χ0n) is 22.5. The molecule has 220 valence electrons. The minimum atomic E-state index is -0.674. The van der Waals surface area contributed by atoms with Gasteiger partial charge in [-0.3, -0.25) is 4.79 Å². The van der Waals surface area contributed by atoms with Crippen molar-refractivity contribution in [3.63, 3.8) is 0 Å². The van der Waals surface area contributed by atoms with Crippen LogP contribution in [0.2, 0.25) is 20.1 Å². The van der Waals surface area contributed by atoms with Gasteiger partial charge >= 0.3 is 0 Å². The highest BCUT2D eigenvalue weighted by molar-refractivity contribution is 7.15. The van der Waals surface area contributed by atoms with E-state index >= 15 is 0 Å². The lowest BCUT2D eigenvalue weighted by molar-refractivity contribution is -0.136. The van der Waals surface area contributed by atoms with Gasteiger partial charge in [0.05, 0.1) is 38.7 Å². The number of rotatable bonds is 11. The molecule has 3 aromatic rings. The first kappa shape index (κ1) is 30.7. The second-order valence-corrected chi connectivity index (χ2v) is 13.3. The molecule has 1 saturated heterocycles. The first-order chi connectivity index (χ1) is 19.6. The Bertz CT molecular complexity index is 1380. The Morgan fingerprint density at radius 1 is 1.20 bits per heavy atom. The lowest BCUT2D eigenvalue weighted by Crippen LogP contribution is -2.41. The second-order valence-electron chi connectivity index (χ2n) is 10.6. The molecule has 3 atom stereocenters. The summed E-state index contributed by atoms with van der Waals surface area (Å²) in [6, 6.07) is 9.06. The van der Waals surface area contributed by atoms with Crippen LogP contribution in [0.5, 0.6) is 5.75 Å². The number of thiazole rings is 1. The van der Waals surface area contributed by atoms with Crippen LogP contribution in [0.4, 0.5) is 5.13 Å².